The number of rotatable bonds is 5. The summed E-state index contributed by atoms with van der Waals surface area (Å²) in [6.07, 6.45) is 2.94. The van der Waals surface area contributed by atoms with Crippen molar-refractivity contribution in [1.82, 2.24) is 4.98 Å². The standard InChI is InChI=1S/C20H14FN3O3S/c1-26-15-7-4-13(5-8-15)19(25)24(22-12-16-3-2-10-27-16)20-23-17-9-6-14(21)11-18(17)28-20/h2-12H,1H3/b22-12-. The molecular formula is C20H14FN3O3S. The number of hydrogen-bond donors (Lipinski definition) is 0. The van der Waals surface area contributed by atoms with Gasteiger partial charge in [0.15, 0.2) is 0 Å². The van der Waals surface area contributed by atoms with Crippen molar-refractivity contribution in [2.75, 3.05) is 12.1 Å². The van der Waals surface area contributed by atoms with Crippen LogP contribution in [0.15, 0.2) is 70.4 Å². The van der Waals surface area contributed by atoms with E-state index in [2.05, 4.69) is 10.1 Å². The number of ether oxygens (including phenoxy) is 1. The van der Waals surface area contributed by atoms with Crippen LogP contribution < -0.4 is 9.75 Å². The molecule has 0 N–H and O–H groups in total. The van der Waals surface area contributed by atoms with Crippen LogP contribution in [0.3, 0.4) is 0 Å². The van der Waals surface area contributed by atoms with E-state index in [4.69, 9.17) is 9.15 Å². The molecule has 1 amide bonds. The number of benzene rings is 2. The molecule has 2 heterocycles. The van der Waals surface area contributed by atoms with E-state index < -0.39 is 0 Å². The molecule has 0 atom stereocenters. The SMILES string of the molecule is COc1ccc(C(=O)N(/N=C\c2ccco2)c2nc3ccc(F)cc3s2)cc1. The normalized spacial score (nSPS) is 11.2. The number of hydrazone groups is 1. The fraction of sp³-hybridized carbons (Fsp3) is 0.0500. The lowest BCUT2D eigenvalue weighted by molar-refractivity contribution is 0.0988. The number of anilines is 1. The van der Waals surface area contributed by atoms with Crippen molar-refractivity contribution in [3.8, 4) is 5.75 Å². The lowest BCUT2D eigenvalue weighted by atomic mass is 10.2. The first-order chi connectivity index (χ1) is 13.6. The Morgan fingerprint density at radius 2 is 2.07 bits per heavy atom. The maximum absolute atomic E-state index is 13.5. The van der Waals surface area contributed by atoms with Crippen molar-refractivity contribution in [3.63, 3.8) is 0 Å². The maximum atomic E-state index is 13.5. The van der Waals surface area contributed by atoms with Gasteiger partial charge < -0.3 is 9.15 Å². The third-order valence-corrected chi connectivity index (χ3v) is 4.89. The number of furan rings is 1. The molecule has 4 rings (SSSR count). The van der Waals surface area contributed by atoms with Gasteiger partial charge >= 0.3 is 0 Å². The summed E-state index contributed by atoms with van der Waals surface area (Å²) in [5, 5.41) is 5.76. The van der Waals surface area contributed by atoms with E-state index in [9.17, 15) is 9.18 Å². The second kappa shape index (κ2) is 7.61. The van der Waals surface area contributed by atoms with Crippen LogP contribution in [0.1, 0.15) is 16.1 Å². The van der Waals surface area contributed by atoms with Gasteiger partial charge in [-0.05, 0) is 54.6 Å². The van der Waals surface area contributed by atoms with Gasteiger partial charge in [0.2, 0.25) is 5.13 Å². The highest BCUT2D eigenvalue weighted by atomic mass is 32.1. The Balaban J connectivity index is 1.74. The van der Waals surface area contributed by atoms with Crippen LogP contribution in [0.5, 0.6) is 5.75 Å². The minimum absolute atomic E-state index is 0.323. The largest absolute Gasteiger partial charge is 0.497 e. The minimum atomic E-state index is -0.384. The number of carbonyl (C=O) groups is 1. The van der Waals surface area contributed by atoms with Crippen LogP contribution in [-0.2, 0) is 0 Å². The summed E-state index contributed by atoms with van der Waals surface area (Å²) in [5.74, 6) is 0.372. The zero-order valence-corrected chi connectivity index (χ0v) is 15.5. The van der Waals surface area contributed by atoms with E-state index in [1.165, 1.54) is 41.0 Å². The highest BCUT2D eigenvalue weighted by molar-refractivity contribution is 7.22. The van der Waals surface area contributed by atoms with Gasteiger partial charge in [-0.2, -0.15) is 10.1 Å². The number of amides is 1. The molecule has 140 valence electrons. The molecule has 0 unspecified atom stereocenters. The molecule has 0 radical (unpaired) electrons. The van der Waals surface area contributed by atoms with Crippen molar-refractivity contribution in [2.45, 2.75) is 0 Å². The second-order valence-corrected chi connectivity index (χ2v) is 6.72. The summed E-state index contributed by atoms with van der Waals surface area (Å²) >= 11 is 1.17. The van der Waals surface area contributed by atoms with Crippen molar-refractivity contribution in [1.29, 1.82) is 0 Å². The topological polar surface area (TPSA) is 67.9 Å². The average Bonchev–Trinajstić information content (AvgIpc) is 3.37. The third kappa shape index (κ3) is 3.63. The Kier molecular flexibility index (Phi) is 4.86. The number of methoxy groups -OCH3 is 1. The van der Waals surface area contributed by atoms with Crippen LogP contribution in [0.2, 0.25) is 0 Å². The Labute approximate surface area is 163 Å². The summed E-state index contributed by atoms with van der Waals surface area (Å²) in [5.41, 5.74) is 0.991. The second-order valence-electron chi connectivity index (χ2n) is 5.71. The van der Waals surface area contributed by atoms with Crippen LogP contribution >= 0.6 is 11.3 Å². The lowest BCUT2D eigenvalue weighted by Gasteiger charge is -2.13. The van der Waals surface area contributed by atoms with Crippen molar-refractivity contribution >= 4 is 38.8 Å². The van der Waals surface area contributed by atoms with Gasteiger partial charge in [-0.1, -0.05) is 11.3 Å². The number of hydrogen-bond acceptors (Lipinski definition) is 6. The number of fused-ring (bicyclic) bond motifs is 1. The summed E-state index contributed by atoms with van der Waals surface area (Å²) in [6, 6.07) is 14.4. The quantitative estimate of drug-likeness (QED) is 0.362. The molecule has 0 spiro atoms. The monoisotopic (exact) mass is 395 g/mol. The summed E-state index contributed by atoms with van der Waals surface area (Å²) in [7, 11) is 1.55. The molecule has 0 bridgehead atoms. The van der Waals surface area contributed by atoms with Gasteiger partial charge in [0.05, 0.1) is 29.8 Å². The summed E-state index contributed by atoms with van der Waals surface area (Å²) in [6.45, 7) is 0. The van der Waals surface area contributed by atoms with Crippen molar-refractivity contribution in [3.05, 3.63) is 78.0 Å². The van der Waals surface area contributed by atoms with E-state index >= 15 is 0 Å². The maximum Gasteiger partial charge on any atom is 0.280 e. The van der Waals surface area contributed by atoms with Gasteiger partial charge in [-0.15, -0.1) is 0 Å². The van der Waals surface area contributed by atoms with Gasteiger partial charge in [-0.3, -0.25) is 4.79 Å². The van der Waals surface area contributed by atoms with Crippen molar-refractivity contribution in [2.24, 2.45) is 5.10 Å². The van der Waals surface area contributed by atoms with Crippen molar-refractivity contribution < 1.29 is 18.3 Å². The first-order valence-corrected chi connectivity index (χ1v) is 9.08. The molecule has 0 saturated heterocycles. The molecule has 0 aliphatic carbocycles. The molecule has 8 heteroatoms. The fourth-order valence-electron chi connectivity index (χ4n) is 2.50. The first kappa shape index (κ1) is 17.9. The van der Waals surface area contributed by atoms with E-state index in [0.29, 0.717) is 32.4 Å². The molecular weight excluding hydrogens is 381 g/mol. The van der Waals surface area contributed by atoms with Crippen LogP contribution in [0, 0.1) is 5.82 Å². The van der Waals surface area contributed by atoms with Crippen LogP contribution in [-0.4, -0.2) is 24.2 Å². The third-order valence-electron chi connectivity index (χ3n) is 3.89. The van der Waals surface area contributed by atoms with Gasteiger partial charge in [0, 0.05) is 5.56 Å². The van der Waals surface area contributed by atoms with Crippen LogP contribution in [0.25, 0.3) is 10.2 Å². The number of halogens is 1. The Hall–Kier alpha value is -3.52. The predicted molar refractivity (Wildman–Crippen MR) is 106 cm³/mol. The highest BCUT2D eigenvalue weighted by Crippen LogP contribution is 2.30. The summed E-state index contributed by atoms with van der Waals surface area (Å²) < 4.78 is 24.5. The van der Waals surface area contributed by atoms with Gasteiger partial charge in [0.25, 0.3) is 5.91 Å². The average molecular weight is 395 g/mol. The van der Waals surface area contributed by atoms with Crippen LogP contribution in [0.4, 0.5) is 9.52 Å². The number of aromatic nitrogens is 1. The summed E-state index contributed by atoms with van der Waals surface area (Å²) in [4.78, 5) is 17.5. The van der Waals surface area contributed by atoms with E-state index in [1.54, 1.807) is 49.6 Å². The zero-order chi connectivity index (χ0) is 19.5. The molecule has 0 fully saturated rings. The molecule has 0 saturated carbocycles. The van der Waals surface area contributed by atoms with E-state index in [-0.39, 0.29) is 11.7 Å². The van der Waals surface area contributed by atoms with Gasteiger partial charge in [-0.25, -0.2) is 9.37 Å². The molecule has 0 aliphatic heterocycles. The molecule has 6 nitrogen and oxygen atoms in total. The molecule has 4 aromatic rings. The van der Waals surface area contributed by atoms with E-state index in [0.717, 1.165) is 0 Å². The van der Waals surface area contributed by atoms with Gasteiger partial charge in [0.1, 0.15) is 17.3 Å². The molecule has 2 aromatic carbocycles. The predicted octanol–water partition coefficient (Wildman–Crippen LogP) is 4.72. The number of thiazole rings is 1. The van der Waals surface area contributed by atoms with E-state index in [1.807, 2.05) is 0 Å². The zero-order valence-electron chi connectivity index (χ0n) is 14.7. The lowest BCUT2D eigenvalue weighted by Crippen LogP contribution is -2.25. The Morgan fingerprint density at radius 1 is 1.25 bits per heavy atom. The Morgan fingerprint density at radius 3 is 2.79 bits per heavy atom. The molecule has 2 aromatic heterocycles. The minimum Gasteiger partial charge on any atom is -0.497 e. The Bertz CT molecular complexity index is 1140. The highest BCUT2D eigenvalue weighted by Gasteiger charge is 2.21. The number of nitrogens with zero attached hydrogens (tertiary/aromatic N) is 3. The smallest absolute Gasteiger partial charge is 0.280 e. The first-order valence-electron chi connectivity index (χ1n) is 8.26. The molecule has 0 aliphatic rings. The fourth-order valence-corrected chi connectivity index (χ4v) is 3.45. The number of carbonyl (C=O) groups excluding carboxylic acids is 1. The molecule has 28 heavy (non-hydrogen) atoms.